The number of piperazine rings is 1. The van der Waals surface area contributed by atoms with Gasteiger partial charge in [0.05, 0.1) is 16.2 Å². The van der Waals surface area contributed by atoms with Gasteiger partial charge in [-0.2, -0.15) is 0 Å². The van der Waals surface area contributed by atoms with Crippen LogP contribution in [0.1, 0.15) is 17.3 Å². The highest BCUT2D eigenvalue weighted by atomic mass is 35.5. The Morgan fingerprint density at radius 3 is 2.62 bits per heavy atom. The number of benzene rings is 1. The smallest absolute Gasteiger partial charge is 0.254 e. The first-order chi connectivity index (χ1) is 14.0. The van der Waals surface area contributed by atoms with Gasteiger partial charge in [0, 0.05) is 55.8 Å². The lowest BCUT2D eigenvalue weighted by molar-refractivity contribution is -0.114. The molecule has 0 atom stereocenters. The number of amides is 2. The van der Waals surface area contributed by atoms with Crippen LogP contribution < -0.4 is 10.6 Å². The predicted molar refractivity (Wildman–Crippen MR) is 113 cm³/mol. The summed E-state index contributed by atoms with van der Waals surface area (Å²) in [7, 11) is 0. The molecule has 0 saturated carbocycles. The highest BCUT2D eigenvalue weighted by Crippen LogP contribution is 2.29. The van der Waals surface area contributed by atoms with Gasteiger partial charge < -0.3 is 15.5 Å². The van der Waals surface area contributed by atoms with Crippen LogP contribution in [0.15, 0.2) is 42.6 Å². The molecule has 0 bridgehead atoms. The Balaban J connectivity index is 1.67. The maximum absolute atomic E-state index is 12.8. The van der Waals surface area contributed by atoms with Gasteiger partial charge in [0.15, 0.2) is 0 Å². The Morgan fingerprint density at radius 1 is 1.14 bits per heavy atom. The highest BCUT2D eigenvalue weighted by Gasteiger charge is 2.19. The van der Waals surface area contributed by atoms with Crippen LogP contribution in [0.5, 0.6) is 0 Å². The number of nitrogens with zero attached hydrogens (tertiary/aromatic N) is 3. The first kappa shape index (κ1) is 19.3. The number of aromatic nitrogens is 2. The summed E-state index contributed by atoms with van der Waals surface area (Å²) in [5.41, 5.74) is 2.66. The molecule has 3 heterocycles. The normalized spacial score (nSPS) is 14.1. The van der Waals surface area contributed by atoms with Crippen molar-refractivity contribution >= 4 is 40.1 Å². The molecule has 2 aromatic heterocycles. The number of halogens is 1. The zero-order chi connectivity index (χ0) is 20.4. The molecule has 4 rings (SSSR count). The molecule has 2 amide bonds. The van der Waals surface area contributed by atoms with Gasteiger partial charge in [-0.25, -0.2) is 9.97 Å². The van der Waals surface area contributed by atoms with Crippen molar-refractivity contribution in [3.8, 4) is 11.3 Å². The molecule has 1 aliphatic rings. The van der Waals surface area contributed by atoms with E-state index in [2.05, 4.69) is 15.6 Å². The number of nitrogens with one attached hydrogen (secondary N) is 2. The molecule has 7 nitrogen and oxygen atoms in total. The largest absolute Gasteiger partial charge is 0.336 e. The summed E-state index contributed by atoms with van der Waals surface area (Å²) in [4.78, 5) is 34.7. The van der Waals surface area contributed by atoms with Crippen LogP contribution in [0.25, 0.3) is 22.2 Å². The number of anilines is 1. The number of pyridine rings is 2. The highest BCUT2D eigenvalue weighted by molar-refractivity contribution is 6.35. The third-order valence-corrected chi connectivity index (χ3v) is 5.09. The second-order valence-electron chi connectivity index (χ2n) is 6.88. The minimum Gasteiger partial charge on any atom is -0.336 e. The summed E-state index contributed by atoms with van der Waals surface area (Å²) in [5.74, 6) is 0.286. The molecule has 1 saturated heterocycles. The molecule has 1 aliphatic heterocycles. The molecule has 0 aliphatic carbocycles. The minimum atomic E-state index is -0.182. The topological polar surface area (TPSA) is 87.2 Å². The molecule has 3 aromatic rings. The Hall–Kier alpha value is -3.03. The van der Waals surface area contributed by atoms with Gasteiger partial charge in [-0.3, -0.25) is 9.59 Å². The van der Waals surface area contributed by atoms with E-state index < -0.39 is 0 Å². The van der Waals surface area contributed by atoms with Gasteiger partial charge in [-0.05, 0) is 30.3 Å². The van der Waals surface area contributed by atoms with Crippen molar-refractivity contribution in [2.45, 2.75) is 6.92 Å². The molecule has 1 fully saturated rings. The van der Waals surface area contributed by atoms with Gasteiger partial charge in [0.2, 0.25) is 5.91 Å². The predicted octanol–water partition coefficient (Wildman–Crippen LogP) is 2.95. The monoisotopic (exact) mass is 409 g/mol. The second-order valence-corrected chi connectivity index (χ2v) is 7.28. The molecule has 1 aromatic carbocycles. The first-order valence-corrected chi connectivity index (χ1v) is 9.73. The van der Waals surface area contributed by atoms with E-state index in [9.17, 15) is 9.59 Å². The Morgan fingerprint density at radius 2 is 1.93 bits per heavy atom. The molecule has 8 heteroatoms. The second kappa shape index (κ2) is 8.14. The molecular formula is C21H20ClN5O2. The maximum atomic E-state index is 12.8. The van der Waals surface area contributed by atoms with Gasteiger partial charge in [-0.15, -0.1) is 0 Å². The number of hydrogen-bond donors (Lipinski definition) is 2. The summed E-state index contributed by atoms with van der Waals surface area (Å²) in [5, 5.41) is 7.22. The van der Waals surface area contributed by atoms with E-state index in [1.807, 2.05) is 17.0 Å². The lowest BCUT2D eigenvalue weighted by Gasteiger charge is -2.27. The van der Waals surface area contributed by atoms with Crippen molar-refractivity contribution in [1.29, 1.82) is 0 Å². The number of hydrogen-bond acceptors (Lipinski definition) is 5. The lowest BCUT2D eigenvalue weighted by atomic mass is 10.1. The summed E-state index contributed by atoms with van der Waals surface area (Å²) in [6.07, 6.45) is 1.63. The van der Waals surface area contributed by atoms with E-state index in [1.54, 1.807) is 30.5 Å². The quantitative estimate of drug-likeness (QED) is 0.694. The average molecular weight is 410 g/mol. The molecule has 148 valence electrons. The number of carbonyl (C=O) groups excluding carboxylic acids is 2. The summed E-state index contributed by atoms with van der Waals surface area (Å²) < 4.78 is 0. The van der Waals surface area contributed by atoms with Crippen molar-refractivity contribution in [3.63, 3.8) is 0 Å². The fraction of sp³-hybridized carbons (Fsp3) is 0.238. The Labute approximate surface area is 173 Å². The van der Waals surface area contributed by atoms with E-state index in [1.165, 1.54) is 6.92 Å². The van der Waals surface area contributed by atoms with Crippen LogP contribution in [0, 0.1) is 0 Å². The van der Waals surface area contributed by atoms with Gasteiger partial charge in [0.1, 0.15) is 5.82 Å². The lowest BCUT2D eigenvalue weighted by Crippen LogP contribution is -2.46. The molecule has 2 N–H and O–H groups in total. The van der Waals surface area contributed by atoms with E-state index in [0.717, 1.165) is 24.0 Å². The van der Waals surface area contributed by atoms with Crippen molar-refractivity contribution in [3.05, 3.63) is 53.2 Å². The van der Waals surface area contributed by atoms with Gasteiger partial charge in [-0.1, -0.05) is 17.7 Å². The van der Waals surface area contributed by atoms with Crippen molar-refractivity contribution in [2.75, 3.05) is 31.5 Å². The summed E-state index contributed by atoms with van der Waals surface area (Å²) in [6.45, 7) is 4.42. The summed E-state index contributed by atoms with van der Waals surface area (Å²) >= 11 is 6.47. The molecule has 0 radical (unpaired) electrons. The third kappa shape index (κ3) is 4.21. The van der Waals surface area contributed by atoms with Gasteiger partial charge in [0.25, 0.3) is 5.91 Å². The van der Waals surface area contributed by atoms with Crippen LogP contribution >= 0.6 is 11.6 Å². The van der Waals surface area contributed by atoms with Crippen LogP contribution in [-0.4, -0.2) is 52.9 Å². The summed E-state index contributed by atoms with van der Waals surface area (Å²) in [6, 6.07) is 10.7. The van der Waals surface area contributed by atoms with Crippen molar-refractivity contribution in [2.24, 2.45) is 0 Å². The van der Waals surface area contributed by atoms with E-state index >= 15 is 0 Å². The van der Waals surface area contributed by atoms with Crippen molar-refractivity contribution < 1.29 is 9.59 Å². The number of rotatable bonds is 3. The van der Waals surface area contributed by atoms with E-state index in [-0.39, 0.29) is 11.8 Å². The molecule has 29 heavy (non-hydrogen) atoms. The zero-order valence-corrected chi connectivity index (χ0v) is 16.7. The molecule has 0 unspecified atom stereocenters. The number of fused-ring (bicyclic) bond motifs is 1. The molecular weight excluding hydrogens is 390 g/mol. The zero-order valence-electron chi connectivity index (χ0n) is 15.9. The Kier molecular flexibility index (Phi) is 5.42. The number of carbonyl (C=O) groups is 2. The molecule has 0 spiro atoms. The van der Waals surface area contributed by atoms with Crippen molar-refractivity contribution in [1.82, 2.24) is 20.2 Å². The fourth-order valence-electron chi connectivity index (χ4n) is 3.32. The van der Waals surface area contributed by atoms with Crippen LogP contribution in [0.3, 0.4) is 0 Å². The SMILES string of the molecule is CC(=O)Nc1ccc(-c2cc(Cl)c3ccc(C(=O)N4CCNCC4)cc3n2)cn1. The average Bonchev–Trinajstić information content (AvgIpc) is 2.73. The maximum Gasteiger partial charge on any atom is 0.254 e. The first-order valence-electron chi connectivity index (χ1n) is 9.35. The minimum absolute atomic E-state index is 0.00180. The van der Waals surface area contributed by atoms with Crippen LogP contribution in [0.2, 0.25) is 5.02 Å². The Bertz CT molecular complexity index is 1080. The van der Waals surface area contributed by atoms with Crippen LogP contribution in [0.4, 0.5) is 5.82 Å². The van der Waals surface area contributed by atoms with Crippen LogP contribution in [-0.2, 0) is 4.79 Å². The standard InChI is InChI=1S/C21H20ClN5O2/c1-13(28)25-20-5-3-15(12-24-20)18-11-17(22)16-4-2-14(10-19(16)26-18)21(29)27-8-6-23-7-9-27/h2-5,10-12,23H,6-9H2,1H3,(H,24,25,28). The van der Waals surface area contributed by atoms with Gasteiger partial charge >= 0.3 is 0 Å². The van der Waals surface area contributed by atoms with E-state index in [4.69, 9.17) is 16.6 Å². The fourth-order valence-corrected chi connectivity index (χ4v) is 3.58. The third-order valence-electron chi connectivity index (χ3n) is 4.77. The van der Waals surface area contributed by atoms with E-state index in [0.29, 0.717) is 40.7 Å².